The minimum atomic E-state index is -0.416. The maximum absolute atomic E-state index is 15.8. The van der Waals surface area contributed by atoms with E-state index in [9.17, 15) is 9.59 Å². The van der Waals surface area contributed by atoms with Crippen molar-refractivity contribution in [1.29, 1.82) is 0 Å². The summed E-state index contributed by atoms with van der Waals surface area (Å²) in [6, 6.07) is 6.52. The molecule has 0 spiro atoms. The van der Waals surface area contributed by atoms with Crippen molar-refractivity contribution in [3.8, 4) is 11.5 Å². The lowest BCUT2D eigenvalue weighted by molar-refractivity contribution is -0.141. The Labute approximate surface area is 358 Å². The first-order valence-electron chi connectivity index (χ1n) is 24.0. The molecular formula is C51H74F2N2O5. The van der Waals surface area contributed by atoms with Crippen LogP contribution in [-0.2, 0) is 38.0 Å². The van der Waals surface area contributed by atoms with Gasteiger partial charge < -0.3 is 25.7 Å². The molecule has 0 saturated heterocycles. The second-order valence-corrected chi connectivity index (χ2v) is 20.3. The SMILES string of the molecule is CCCCCCC1(C(=O)Oc2cc(F)c3c(c2)[C@@]2(C)CCC(CCCCCCOCCC(=O)Oc4cc(F)c5c(c4)[C@@]4(C)CCCCC[C@@H](C5)[C@@H]4N)CC[C@@H](C3)[C@@H]2N)CC1. The van der Waals surface area contributed by atoms with Crippen LogP contribution in [0, 0.1) is 34.8 Å². The number of hydrogen-bond acceptors (Lipinski definition) is 7. The number of hydrogen-bond donors (Lipinski definition) is 2. The number of halogens is 2. The highest BCUT2D eigenvalue weighted by molar-refractivity contribution is 5.82. The zero-order chi connectivity index (χ0) is 42.5. The first kappa shape index (κ1) is 45.2. The highest BCUT2D eigenvalue weighted by atomic mass is 19.1. The molecule has 0 aliphatic heterocycles. The van der Waals surface area contributed by atoms with Crippen molar-refractivity contribution in [2.75, 3.05) is 13.2 Å². The number of carbonyl (C=O) groups excluding carboxylic acids is 2. The van der Waals surface area contributed by atoms with Crippen molar-refractivity contribution >= 4 is 11.9 Å². The summed E-state index contributed by atoms with van der Waals surface area (Å²) in [5.41, 5.74) is 16.1. The van der Waals surface area contributed by atoms with E-state index in [1.54, 1.807) is 0 Å². The molecule has 4 bridgehead atoms. The number of ether oxygens (including phenoxy) is 3. The highest BCUT2D eigenvalue weighted by Gasteiger charge is 2.51. The smallest absolute Gasteiger partial charge is 0.317 e. The van der Waals surface area contributed by atoms with Crippen LogP contribution in [-0.4, -0.2) is 37.2 Å². The molecule has 5 aliphatic rings. The Morgan fingerprint density at radius 2 is 1.32 bits per heavy atom. The van der Waals surface area contributed by atoms with E-state index < -0.39 is 5.97 Å². The summed E-state index contributed by atoms with van der Waals surface area (Å²) in [4.78, 5) is 26.1. The molecular weight excluding hydrogens is 759 g/mol. The highest BCUT2D eigenvalue weighted by Crippen LogP contribution is 2.53. The summed E-state index contributed by atoms with van der Waals surface area (Å²) in [6.07, 6.45) is 23.3. The lowest BCUT2D eigenvalue weighted by Crippen LogP contribution is -2.53. The molecule has 0 heterocycles. The van der Waals surface area contributed by atoms with Crippen LogP contribution in [0.5, 0.6) is 11.5 Å². The molecule has 0 aromatic heterocycles. The quantitative estimate of drug-likeness (QED) is 0.0873. The van der Waals surface area contributed by atoms with Crippen LogP contribution in [0.25, 0.3) is 0 Å². The van der Waals surface area contributed by atoms with Gasteiger partial charge in [-0.3, -0.25) is 9.59 Å². The molecule has 60 heavy (non-hydrogen) atoms. The lowest BCUT2D eigenvalue weighted by atomic mass is 9.58. The zero-order valence-corrected chi connectivity index (χ0v) is 37.0. The van der Waals surface area contributed by atoms with Crippen LogP contribution in [0.4, 0.5) is 8.78 Å². The van der Waals surface area contributed by atoms with Crippen LogP contribution in [0.2, 0.25) is 0 Å². The van der Waals surface area contributed by atoms with Crippen LogP contribution in [0.15, 0.2) is 24.3 Å². The second kappa shape index (κ2) is 19.7. The van der Waals surface area contributed by atoms with E-state index in [1.165, 1.54) is 31.4 Å². The average Bonchev–Trinajstić information content (AvgIpc) is 4.01. The zero-order valence-electron chi connectivity index (χ0n) is 37.0. The fourth-order valence-electron chi connectivity index (χ4n) is 11.8. The first-order chi connectivity index (χ1) is 28.9. The fraction of sp³-hybridized carbons (Fsp3) is 0.725. The van der Waals surface area contributed by atoms with Gasteiger partial charge in [-0.25, -0.2) is 8.78 Å². The molecule has 2 aromatic rings. The number of benzene rings is 2. The Kier molecular flexibility index (Phi) is 14.8. The van der Waals surface area contributed by atoms with E-state index in [4.69, 9.17) is 25.7 Å². The van der Waals surface area contributed by atoms with E-state index in [0.29, 0.717) is 31.1 Å². The van der Waals surface area contributed by atoms with E-state index in [-0.39, 0.29) is 76.5 Å². The van der Waals surface area contributed by atoms with Crippen molar-refractivity contribution in [3.05, 3.63) is 58.2 Å². The van der Waals surface area contributed by atoms with Gasteiger partial charge in [0.15, 0.2) is 0 Å². The van der Waals surface area contributed by atoms with Gasteiger partial charge in [0.2, 0.25) is 0 Å². The topological polar surface area (TPSA) is 114 Å². The van der Waals surface area contributed by atoms with E-state index in [0.717, 1.165) is 138 Å². The van der Waals surface area contributed by atoms with E-state index >= 15 is 8.78 Å². The molecule has 3 fully saturated rings. The Bertz CT molecular complexity index is 1810. The molecule has 7 rings (SSSR count). The van der Waals surface area contributed by atoms with Crippen LogP contribution in [0.1, 0.15) is 184 Å². The summed E-state index contributed by atoms with van der Waals surface area (Å²) in [5.74, 6) is 0.546. The summed E-state index contributed by atoms with van der Waals surface area (Å²) < 4.78 is 48.6. The van der Waals surface area contributed by atoms with Gasteiger partial charge in [-0.15, -0.1) is 0 Å². The molecule has 7 nitrogen and oxygen atoms in total. The predicted octanol–water partition coefficient (Wildman–Crippen LogP) is 11.3. The van der Waals surface area contributed by atoms with Gasteiger partial charge in [0.05, 0.1) is 18.4 Å². The van der Waals surface area contributed by atoms with Gasteiger partial charge in [-0.2, -0.15) is 0 Å². The summed E-state index contributed by atoms with van der Waals surface area (Å²) >= 11 is 0. The van der Waals surface area contributed by atoms with Crippen LogP contribution < -0.4 is 20.9 Å². The number of rotatable bonds is 18. The van der Waals surface area contributed by atoms with Crippen molar-refractivity contribution in [2.24, 2.45) is 34.6 Å². The summed E-state index contributed by atoms with van der Waals surface area (Å²) in [5, 5.41) is 0. The Hall–Kier alpha value is -2.88. The van der Waals surface area contributed by atoms with Crippen LogP contribution >= 0.6 is 0 Å². The predicted molar refractivity (Wildman–Crippen MR) is 233 cm³/mol. The van der Waals surface area contributed by atoms with Gasteiger partial charge in [-0.1, -0.05) is 97.8 Å². The molecule has 332 valence electrons. The number of esters is 2. The molecule has 5 aliphatic carbocycles. The van der Waals surface area contributed by atoms with Gasteiger partial charge in [0, 0.05) is 41.7 Å². The second-order valence-electron chi connectivity index (χ2n) is 20.3. The van der Waals surface area contributed by atoms with Gasteiger partial charge >= 0.3 is 11.9 Å². The fourth-order valence-corrected chi connectivity index (χ4v) is 11.8. The Morgan fingerprint density at radius 3 is 2.00 bits per heavy atom. The third kappa shape index (κ3) is 9.99. The number of nitrogens with two attached hydrogens (primary N) is 2. The third-order valence-corrected chi connectivity index (χ3v) is 16.1. The van der Waals surface area contributed by atoms with Crippen molar-refractivity contribution in [1.82, 2.24) is 0 Å². The van der Waals surface area contributed by atoms with Crippen molar-refractivity contribution in [2.45, 2.75) is 198 Å². The van der Waals surface area contributed by atoms with Gasteiger partial charge in [0.1, 0.15) is 23.1 Å². The molecule has 4 N–H and O–H groups in total. The van der Waals surface area contributed by atoms with E-state index in [1.807, 2.05) is 12.1 Å². The minimum absolute atomic E-state index is 0.0278. The molecule has 3 saturated carbocycles. The monoisotopic (exact) mass is 833 g/mol. The molecule has 1 unspecified atom stereocenters. The summed E-state index contributed by atoms with van der Waals surface area (Å²) in [7, 11) is 0. The van der Waals surface area contributed by atoms with Crippen molar-refractivity contribution < 1.29 is 32.6 Å². The normalized spacial score (nSPS) is 29.2. The number of fused-ring (bicyclic) bond motifs is 8. The van der Waals surface area contributed by atoms with Gasteiger partial charge in [0.25, 0.3) is 0 Å². The Morgan fingerprint density at radius 1 is 0.683 bits per heavy atom. The minimum Gasteiger partial charge on any atom is -0.426 e. The third-order valence-electron chi connectivity index (χ3n) is 16.1. The van der Waals surface area contributed by atoms with Crippen molar-refractivity contribution in [3.63, 3.8) is 0 Å². The molecule has 2 aromatic carbocycles. The largest absolute Gasteiger partial charge is 0.426 e. The van der Waals surface area contributed by atoms with Crippen LogP contribution in [0.3, 0.4) is 0 Å². The molecule has 7 atom stereocenters. The number of carbonyl (C=O) groups is 2. The first-order valence-corrected chi connectivity index (χ1v) is 24.0. The standard InChI is InChI=1S/C51H74F2N2O5/c1-4-5-6-13-22-51(24-25-51)48(57)60-38-31-42-40(44(53)33-38)29-36-18-17-34(19-23-50(42,3)47(36)55)15-10-7-8-14-26-58-27-20-45(56)59-37-30-41-39(43(52)32-37)28-35-16-11-9-12-21-49(41,2)46(35)54/h30-36,46-47H,4-29,54-55H2,1-3H3/t34?,35-,36-,46-,47-,49+,50+/m0/s1. The molecule has 9 heteroatoms. The molecule has 0 amide bonds. The maximum Gasteiger partial charge on any atom is 0.317 e. The molecule has 0 radical (unpaired) electrons. The van der Waals surface area contributed by atoms with Gasteiger partial charge in [-0.05, 0) is 123 Å². The lowest BCUT2D eigenvalue weighted by Gasteiger charge is -2.48. The number of unbranched alkanes of at least 4 members (excludes halogenated alkanes) is 6. The summed E-state index contributed by atoms with van der Waals surface area (Å²) in [6.45, 7) is 7.42. The van der Waals surface area contributed by atoms with E-state index in [2.05, 4.69) is 20.8 Å². The Balaban J connectivity index is 0.819. The average molecular weight is 833 g/mol. The maximum atomic E-state index is 15.8.